The molecule has 17 heavy (non-hydrogen) atoms. The first-order chi connectivity index (χ1) is 7.96. The molecule has 4 nitrogen and oxygen atoms in total. The van der Waals surface area contributed by atoms with Gasteiger partial charge >= 0.3 is 0 Å². The van der Waals surface area contributed by atoms with Crippen molar-refractivity contribution in [2.45, 2.75) is 37.6 Å². The molecular formula is C12H20N2O2S. The first-order valence-electron chi connectivity index (χ1n) is 5.47. The van der Waals surface area contributed by atoms with Crippen LogP contribution in [0.5, 0.6) is 0 Å². The number of hydrogen-bond acceptors (Lipinski definition) is 5. The lowest BCUT2D eigenvalue weighted by atomic mass is 10.3. The minimum Gasteiger partial charge on any atom is -0.350 e. The zero-order valence-corrected chi connectivity index (χ0v) is 11.9. The van der Waals surface area contributed by atoms with Crippen LogP contribution in [0, 0.1) is 0 Å². The molecule has 0 aromatic carbocycles. The Morgan fingerprint density at radius 2 is 1.94 bits per heavy atom. The highest BCUT2D eigenvalue weighted by atomic mass is 32.2. The van der Waals surface area contributed by atoms with Crippen molar-refractivity contribution in [2.75, 3.05) is 14.2 Å². The minimum atomic E-state index is -0.420. The summed E-state index contributed by atoms with van der Waals surface area (Å²) in [6.07, 6.45) is 1.32. The summed E-state index contributed by atoms with van der Waals surface area (Å²) in [4.78, 5) is 8.69. The number of ether oxygens (including phenoxy) is 2. The predicted molar refractivity (Wildman–Crippen MR) is 69.8 cm³/mol. The first-order valence-corrected chi connectivity index (χ1v) is 6.46. The molecule has 0 aliphatic rings. The Bertz CT molecular complexity index is 349. The van der Waals surface area contributed by atoms with E-state index in [1.807, 2.05) is 17.8 Å². The van der Waals surface area contributed by atoms with E-state index >= 15 is 0 Å². The molecule has 0 fully saturated rings. The van der Waals surface area contributed by atoms with Crippen molar-refractivity contribution in [3.05, 3.63) is 23.8 Å². The van der Waals surface area contributed by atoms with Gasteiger partial charge in [0, 0.05) is 25.2 Å². The van der Waals surface area contributed by atoms with E-state index in [1.54, 1.807) is 20.4 Å². The summed E-state index contributed by atoms with van der Waals surface area (Å²) >= 11 is 1.82. The third-order valence-corrected chi connectivity index (χ3v) is 3.30. The van der Waals surface area contributed by atoms with E-state index < -0.39 is 6.29 Å². The van der Waals surface area contributed by atoms with Gasteiger partial charge in [-0.15, -0.1) is 11.8 Å². The number of methoxy groups -OCH3 is 2. The Hall–Kier alpha value is -0.650. The van der Waals surface area contributed by atoms with Gasteiger partial charge in [0.2, 0.25) is 6.29 Å². The van der Waals surface area contributed by atoms with Crippen molar-refractivity contribution < 1.29 is 9.47 Å². The Morgan fingerprint density at radius 3 is 2.47 bits per heavy atom. The van der Waals surface area contributed by atoms with E-state index in [0.717, 1.165) is 17.3 Å². The van der Waals surface area contributed by atoms with Gasteiger partial charge in [0.05, 0.1) is 11.4 Å². The zero-order valence-electron chi connectivity index (χ0n) is 11.1. The lowest BCUT2D eigenvalue weighted by Gasteiger charge is -2.17. The summed E-state index contributed by atoms with van der Waals surface area (Å²) in [6.45, 7) is 6.53. The molecule has 0 saturated carbocycles. The van der Waals surface area contributed by atoms with Crippen LogP contribution < -0.4 is 0 Å². The number of aromatic nitrogens is 2. The molecule has 1 rings (SSSR count). The fourth-order valence-electron chi connectivity index (χ4n) is 1.23. The van der Waals surface area contributed by atoms with Gasteiger partial charge in [-0.3, -0.25) is 0 Å². The highest BCUT2D eigenvalue weighted by Crippen LogP contribution is 2.26. The molecule has 1 aromatic heterocycles. The van der Waals surface area contributed by atoms with Gasteiger partial charge in [0.15, 0.2) is 0 Å². The molecule has 0 radical (unpaired) electrons. The van der Waals surface area contributed by atoms with Crippen molar-refractivity contribution in [1.82, 2.24) is 9.97 Å². The standard InChI is InChI=1S/C12H20N2O2S/c1-12(2,3)17-8-10-13-7-6-9(14-10)11(15-4)16-5/h6-7,11H,8H2,1-5H3. The van der Waals surface area contributed by atoms with Crippen LogP contribution in [0.15, 0.2) is 12.3 Å². The Balaban J connectivity index is 2.72. The molecule has 0 spiro atoms. The average Bonchev–Trinajstić information content (AvgIpc) is 2.28. The van der Waals surface area contributed by atoms with Crippen LogP contribution in [0.2, 0.25) is 0 Å². The maximum absolute atomic E-state index is 5.17. The molecular weight excluding hydrogens is 236 g/mol. The summed E-state index contributed by atoms with van der Waals surface area (Å²) in [6, 6.07) is 1.81. The topological polar surface area (TPSA) is 44.2 Å². The molecule has 5 heteroatoms. The fourth-order valence-corrected chi connectivity index (χ4v) is 1.94. The normalized spacial score (nSPS) is 12.1. The lowest BCUT2D eigenvalue weighted by Crippen LogP contribution is -2.11. The zero-order chi connectivity index (χ0) is 12.9. The van der Waals surface area contributed by atoms with Crippen molar-refractivity contribution in [3.63, 3.8) is 0 Å². The van der Waals surface area contributed by atoms with Gasteiger partial charge in [-0.2, -0.15) is 0 Å². The van der Waals surface area contributed by atoms with Crippen molar-refractivity contribution in [2.24, 2.45) is 0 Å². The van der Waals surface area contributed by atoms with Gasteiger partial charge in [0.1, 0.15) is 5.82 Å². The van der Waals surface area contributed by atoms with E-state index in [-0.39, 0.29) is 4.75 Å². The fraction of sp³-hybridized carbons (Fsp3) is 0.667. The van der Waals surface area contributed by atoms with Crippen molar-refractivity contribution >= 4 is 11.8 Å². The molecule has 0 amide bonds. The smallest absolute Gasteiger partial charge is 0.200 e. The average molecular weight is 256 g/mol. The van der Waals surface area contributed by atoms with Gasteiger partial charge in [-0.1, -0.05) is 20.8 Å². The van der Waals surface area contributed by atoms with Crippen LogP contribution in [-0.4, -0.2) is 28.9 Å². The van der Waals surface area contributed by atoms with Crippen LogP contribution in [0.4, 0.5) is 0 Å². The van der Waals surface area contributed by atoms with E-state index in [4.69, 9.17) is 9.47 Å². The third kappa shape index (κ3) is 5.02. The predicted octanol–water partition coefficient (Wildman–Crippen LogP) is 2.80. The second-order valence-corrected chi connectivity index (χ2v) is 6.40. The van der Waals surface area contributed by atoms with E-state index in [2.05, 4.69) is 30.7 Å². The van der Waals surface area contributed by atoms with Crippen LogP contribution in [-0.2, 0) is 15.2 Å². The Labute approximate surface area is 107 Å². The van der Waals surface area contributed by atoms with Crippen molar-refractivity contribution in [1.29, 1.82) is 0 Å². The largest absolute Gasteiger partial charge is 0.350 e. The molecule has 1 aromatic rings. The molecule has 0 aliphatic heterocycles. The highest BCUT2D eigenvalue weighted by molar-refractivity contribution is 7.99. The summed E-state index contributed by atoms with van der Waals surface area (Å²) in [5.74, 6) is 1.60. The minimum absolute atomic E-state index is 0.210. The van der Waals surface area contributed by atoms with Crippen LogP contribution in [0.3, 0.4) is 0 Å². The number of thioether (sulfide) groups is 1. The number of nitrogens with zero attached hydrogens (tertiary/aromatic N) is 2. The van der Waals surface area contributed by atoms with E-state index in [9.17, 15) is 0 Å². The van der Waals surface area contributed by atoms with Gasteiger partial charge < -0.3 is 9.47 Å². The van der Waals surface area contributed by atoms with E-state index in [1.165, 1.54) is 0 Å². The molecule has 0 aliphatic carbocycles. The van der Waals surface area contributed by atoms with Crippen LogP contribution >= 0.6 is 11.8 Å². The van der Waals surface area contributed by atoms with Crippen LogP contribution in [0.25, 0.3) is 0 Å². The molecule has 0 N–H and O–H groups in total. The Kier molecular flexibility index (Phi) is 5.36. The van der Waals surface area contributed by atoms with Crippen LogP contribution in [0.1, 0.15) is 38.6 Å². The lowest BCUT2D eigenvalue weighted by molar-refractivity contribution is -0.108. The molecule has 96 valence electrons. The summed E-state index contributed by atoms with van der Waals surface area (Å²) in [5.41, 5.74) is 0.759. The second-order valence-electron chi connectivity index (χ2n) is 4.60. The van der Waals surface area contributed by atoms with Gasteiger partial charge in [0.25, 0.3) is 0 Å². The molecule has 0 unspecified atom stereocenters. The molecule has 0 atom stereocenters. The maximum atomic E-state index is 5.17. The summed E-state index contributed by atoms with van der Waals surface area (Å²) in [7, 11) is 3.19. The molecule has 0 bridgehead atoms. The monoisotopic (exact) mass is 256 g/mol. The Morgan fingerprint density at radius 1 is 1.29 bits per heavy atom. The SMILES string of the molecule is COC(OC)c1ccnc(CSC(C)(C)C)n1. The highest BCUT2D eigenvalue weighted by Gasteiger charge is 2.14. The summed E-state index contributed by atoms with van der Waals surface area (Å²) < 4.78 is 10.5. The first kappa shape index (κ1) is 14.4. The molecule has 1 heterocycles. The van der Waals surface area contributed by atoms with Gasteiger partial charge in [-0.25, -0.2) is 9.97 Å². The number of rotatable bonds is 5. The maximum Gasteiger partial charge on any atom is 0.200 e. The number of hydrogen-bond donors (Lipinski definition) is 0. The molecule has 0 saturated heterocycles. The summed E-state index contributed by atoms with van der Waals surface area (Å²) in [5, 5.41) is 0. The van der Waals surface area contributed by atoms with Crippen molar-refractivity contribution in [3.8, 4) is 0 Å². The van der Waals surface area contributed by atoms with E-state index in [0.29, 0.717) is 0 Å². The second kappa shape index (κ2) is 6.33. The quantitative estimate of drug-likeness (QED) is 0.758. The van der Waals surface area contributed by atoms with Gasteiger partial charge in [-0.05, 0) is 6.07 Å². The third-order valence-electron chi connectivity index (χ3n) is 2.03.